The number of rotatable bonds is 4. The van der Waals surface area contributed by atoms with Crippen LogP contribution in [0.1, 0.15) is 10.6 Å². The van der Waals surface area contributed by atoms with Crippen LogP contribution in [0.15, 0.2) is 24.4 Å². The van der Waals surface area contributed by atoms with Gasteiger partial charge in [-0.15, -0.1) is 0 Å². The molecule has 0 saturated carbocycles. The molecule has 0 bridgehead atoms. The second kappa shape index (κ2) is 5.24. The summed E-state index contributed by atoms with van der Waals surface area (Å²) in [4.78, 5) is 15.0. The Hall–Kier alpha value is -2.51. The molecule has 20 heavy (non-hydrogen) atoms. The number of aryl methyl sites for hydroxylation is 1. The van der Waals surface area contributed by atoms with Crippen molar-refractivity contribution in [1.29, 1.82) is 0 Å². The lowest BCUT2D eigenvalue weighted by Crippen LogP contribution is -2.16. The fourth-order valence-electron chi connectivity index (χ4n) is 1.70. The number of hydrogen-bond acceptors (Lipinski definition) is 3. The van der Waals surface area contributed by atoms with E-state index in [1.54, 1.807) is 0 Å². The molecule has 1 heterocycles. The van der Waals surface area contributed by atoms with Gasteiger partial charge in [0.1, 0.15) is 11.6 Å². The topological polar surface area (TPSA) is 70.1 Å². The number of primary amides is 1. The van der Waals surface area contributed by atoms with Crippen LogP contribution < -0.4 is 10.5 Å². The summed E-state index contributed by atoms with van der Waals surface area (Å²) in [5.74, 6) is -1.88. The number of amides is 1. The van der Waals surface area contributed by atoms with Crippen molar-refractivity contribution in [3.63, 3.8) is 0 Å². The van der Waals surface area contributed by atoms with Gasteiger partial charge in [0.25, 0.3) is 5.91 Å². The highest BCUT2D eigenvalue weighted by atomic mass is 19.3. The van der Waals surface area contributed by atoms with Crippen molar-refractivity contribution in [2.45, 2.75) is 6.61 Å². The van der Waals surface area contributed by atoms with Gasteiger partial charge in [0.05, 0.1) is 5.69 Å². The van der Waals surface area contributed by atoms with E-state index in [1.165, 1.54) is 29.9 Å². The normalized spacial score (nSPS) is 10.8. The first kappa shape index (κ1) is 13.9. The van der Waals surface area contributed by atoms with Crippen LogP contribution >= 0.6 is 0 Å². The van der Waals surface area contributed by atoms with Gasteiger partial charge in [-0.3, -0.25) is 4.79 Å². The third-order valence-corrected chi connectivity index (χ3v) is 2.54. The smallest absolute Gasteiger partial charge is 0.387 e. The quantitative estimate of drug-likeness (QED) is 0.933. The summed E-state index contributed by atoms with van der Waals surface area (Å²) < 4.78 is 43.3. The lowest BCUT2D eigenvalue weighted by Gasteiger charge is -2.05. The van der Waals surface area contributed by atoms with Gasteiger partial charge < -0.3 is 15.0 Å². The van der Waals surface area contributed by atoms with E-state index < -0.39 is 18.3 Å². The van der Waals surface area contributed by atoms with Crippen molar-refractivity contribution in [1.82, 2.24) is 9.55 Å². The molecule has 2 rings (SSSR count). The van der Waals surface area contributed by atoms with Gasteiger partial charge in [0, 0.05) is 24.9 Å². The predicted octanol–water partition coefficient (Wildman–Crippen LogP) is 1.93. The van der Waals surface area contributed by atoms with Crippen LogP contribution in [0.2, 0.25) is 0 Å². The molecule has 1 amide bonds. The first-order valence-corrected chi connectivity index (χ1v) is 5.46. The van der Waals surface area contributed by atoms with Crippen LogP contribution in [-0.4, -0.2) is 22.1 Å². The second-order valence-corrected chi connectivity index (χ2v) is 3.95. The maximum absolute atomic E-state index is 13.8. The van der Waals surface area contributed by atoms with Crippen LogP contribution in [0.25, 0.3) is 11.3 Å². The lowest BCUT2D eigenvalue weighted by molar-refractivity contribution is -0.0499. The van der Waals surface area contributed by atoms with Crippen molar-refractivity contribution in [2.75, 3.05) is 0 Å². The number of alkyl halides is 2. The molecule has 0 fully saturated rings. The summed E-state index contributed by atoms with van der Waals surface area (Å²) in [6.07, 6.45) is 1.41. The third-order valence-electron chi connectivity index (χ3n) is 2.54. The highest BCUT2D eigenvalue weighted by molar-refractivity contribution is 5.90. The first-order valence-electron chi connectivity index (χ1n) is 5.46. The minimum atomic E-state index is -3.03. The van der Waals surface area contributed by atoms with Crippen LogP contribution in [0.5, 0.6) is 5.75 Å². The summed E-state index contributed by atoms with van der Waals surface area (Å²) in [5.41, 5.74) is 5.32. The zero-order valence-corrected chi connectivity index (χ0v) is 10.3. The van der Waals surface area contributed by atoms with Gasteiger partial charge in [-0.2, -0.15) is 8.78 Å². The Bertz CT molecular complexity index is 655. The molecular formula is C12H10F3N3O2. The summed E-state index contributed by atoms with van der Waals surface area (Å²) in [5, 5.41) is 0. The fraction of sp³-hybridized carbons (Fsp3) is 0.167. The number of ether oxygens (including phenoxy) is 1. The van der Waals surface area contributed by atoms with Gasteiger partial charge in [-0.05, 0) is 12.1 Å². The average molecular weight is 285 g/mol. The maximum Gasteiger partial charge on any atom is 0.387 e. The highest BCUT2D eigenvalue weighted by Gasteiger charge is 2.15. The summed E-state index contributed by atoms with van der Waals surface area (Å²) >= 11 is 0. The summed E-state index contributed by atoms with van der Waals surface area (Å²) in [7, 11) is 1.53. The molecule has 8 heteroatoms. The monoisotopic (exact) mass is 285 g/mol. The number of halogens is 3. The Kier molecular flexibility index (Phi) is 3.64. The van der Waals surface area contributed by atoms with Gasteiger partial charge in [-0.1, -0.05) is 0 Å². The molecule has 0 spiro atoms. The molecule has 0 aliphatic carbocycles. The number of carbonyl (C=O) groups is 1. The SMILES string of the molecule is Cn1cc(-c2ccc(OC(F)F)cc2F)nc1C(N)=O. The molecule has 5 nitrogen and oxygen atoms in total. The van der Waals surface area contributed by atoms with E-state index in [-0.39, 0.29) is 22.8 Å². The molecule has 1 aromatic carbocycles. The van der Waals surface area contributed by atoms with Crippen molar-refractivity contribution >= 4 is 5.91 Å². The first-order chi connectivity index (χ1) is 9.38. The number of imidazole rings is 1. The molecule has 0 saturated heterocycles. The van der Waals surface area contributed by atoms with E-state index in [2.05, 4.69) is 9.72 Å². The molecule has 106 valence electrons. The molecule has 2 aromatic rings. The Labute approximate surface area is 111 Å². The molecule has 0 atom stereocenters. The van der Waals surface area contributed by atoms with E-state index >= 15 is 0 Å². The number of aromatic nitrogens is 2. The largest absolute Gasteiger partial charge is 0.435 e. The molecule has 0 radical (unpaired) electrons. The van der Waals surface area contributed by atoms with E-state index in [0.717, 1.165) is 6.07 Å². The van der Waals surface area contributed by atoms with Crippen LogP contribution in [-0.2, 0) is 7.05 Å². The minimum absolute atomic E-state index is 0.0349. The molecule has 1 aromatic heterocycles. The third kappa shape index (κ3) is 2.73. The number of hydrogen-bond donors (Lipinski definition) is 1. The fourth-order valence-corrected chi connectivity index (χ4v) is 1.70. The molecule has 0 aliphatic heterocycles. The van der Waals surface area contributed by atoms with Crippen molar-refractivity contribution in [2.24, 2.45) is 12.8 Å². The Morgan fingerprint density at radius 1 is 1.45 bits per heavy atom. The molecule has 0 unspecified atom stereocenters. The Balaban J connectivity index is 2.38. The number of carbonyl (C=O) groups excluding carboxylic acids is 1. The standard InChI is InChI=1S/C12H10F3N3O2/c1-18-5-9(17-11(18)10(16)19)7-3-2-6(4-8(7)13)20-12(14)15/h2-5,12H,1H3,(H2,16,19). The predicted molar refractivity (Wildman–Crippen MR) is 63.8 cm³/mol. The Morgan fingerprint density at radius 3 is 2.65 bits per heavy atom. The van der Waals surface area contributed by atoms with Crippen molar-refractivity contribution in [3.05, 3.63) is 36.0 Å². The van der Waals surface area contributed by atoms with Crippen LogP contribution in [0.4, 0.5) is 13.2 Å². The highest BCUT2D eigenvalue weighted by Crippen LogP contribution is 2.26. The van der Waals surface area contributed by atoms with Gasteiger partial charge in [0.2, 0.25) is 0 Å². The second-order valence-electron chi connectivity index (χ2n) is 3.95. The zero-order valence-electron chi connectivity index (χ0n) is 10.3. The van der Waals surface area contributed by atoms with Crippen LogP contribution in [0.3, 0.4) is 0 Å². The van der Waals surface area contributed by atoms with E-state index in [4.69, 9.17) is 5.73 Å². The number of benzene rings is 1. The van der Waals surface area contributed by atoms with E-state index in [1.807, 2.05) is 0 Å². The van der Waals surface area contributed by atoms with Gasteiger partial charge >= 0.3 is 6.61 Å². The van der Waals surface area contributed by atoms with Gasteiger partial charge in [0.15, 0.2) is 5.82 Å². The Morgan fingerprint density at radius 2 is 2.15 bits per heavy atom. The summed E-state index contributed by atoms with van der Waals surface area (Å²) in [6.45, 7) is -3.03. The van der Waals surface area contributed by atoms with Crippen LogP contribution in [0, 0.1) is 5.82 Å². The lowest BCUT2D eigenvalue weighted by atomic mass is 10.1. The molecule has 2 N–H and O–H groups in total. The summed E-state index contributed by atoms with van der Waals surface area (Å²) in [6, 6.07) is 3.24. The zero-order chi connectivity index (χ0) is 14.9. The molecule has 0 aliphatic rings. The number of nitrogens with two attached hydrogens (primary N) is 1. The van der Waals surface area contributed by atoms with Crippen molar-refractivity contribution in [3.8, 4) is 17.0 Å². The number of nitrogens with zero attached hydrogens (tertiary/aromatic N) is 2. The maximum atomic E-state index is 13.8. The van der Waals surface area contributed by atoms with Crippen molar-refractivity contribution < 1.29 is 22.7 Å². The van der Waals surface area contributed by atoms with E-state index in [0.29, 0.717) is 0 Å². The van der Waals surface area contributed by atoms with Gasteiger partial charge in [-0.25, -0.2) is 9.37 Å². The molecular weight excluding hydrogens is 275 g/mol. The van der Waals surface area contributed by atoms with E-state index in [9.17, 15) is 18.0 Å². The average Bonchev–Trinajstić information content (AvgIpc) is 2.70. The minimum Gasteiger partial charge on any atom is -0.435 e.